The molecule has 0 saturated carbocycles. The Kier molecular flexibility index (Phi) is 5.38. The number of aliphatic imine (C=N–C) groups is 1. The monoisotopic (exact) mass is 446 g/mol. The Morgan fingerprint density at radius 3 is 2.81 bits per heavy atom. The van der Waals surface area contributed by atoms with Crippen molar-refractivity contribution >= 4 is 45.2 Å². The Morgan fingerprint density at radius 2 is 1.97 bits per heavy atom. The molecule has 3 aromatic rings. The van der Waals surface area contributed by atoms with E-state index in [9.17, 15) is 14.7 Å². The van der Waals surface area contributed by atoms with E-state index in [-0.39, 0.29) is 29.2 Å². The highest BCUT2D eigenvalue weighted by Gasteiger charge is 2.31. The van der Waals surface area contributed by atoms with Crippen LogP contribution in [0, 0.1) is 6.92 Å². The van der Waals surface area contributed by atoms with Crippen LogP contribution < -0.4 is 0 Å². The lowest BCUT2D eigenvalue weighted by Crippen LogP contribution is -2.16. The summed E-state index contributed by atoms with van der Waals surface area (Å²) in [5.74, 6) is -0.542. The summed E-state index contributed by atoms with van der Waals surface area (Å²) in [4.78, 5) is 32.0. The number of benzene rings is 2. The fourth-order valence-corrected chi connectivity index (χ4v) is 5.08. The number of aromatic hydroxyl groups is 1. The first kappa shape index (κ1) is 20.6. The van der Waals surface area contributed by atoms with Crippen LogP contribution in [0.15, 0.2) is 51.6 Å². The Hall–Kier alpha value is -3.26. The van der Waals surface area contributed by atoms with Gasteiger partial charge in [0.2, 0.25) is 11.0 Å². The summed E-state index contributed by atoms with van der Waals surface area (Å²) in [6.45, 7) is 1.95. The van der Waals surface area contributed by atoms with Crippen molar-refractivity contribution in [1.29, 1.82) is 0 Å². The van der Waals surface area contributed by atoms with Crippen LogP contribution in [0.2, 0.25) is 0 Å². The van der Waals surface area contributed by atoms with Crippen molar-refractivity contribution in [2.75, 3.05) is 0 Å². The van der Waals surface area contributed by atoms with E-state index in [0.29, 0.717) is 11.3 Å². The Balaban J connectivity index is 1.28. The number of carbonyl (C=O) groups excluding carboxylic acids is 2. The number of fused-ring (bicyclic) bond motifs is 2. The zero-order valence-electron chi connectivity index (χ0n) is 17.6. The van der Waals surface area contributed by atoms with Crippen LogP contribution in [0.5, 0.6) is 5.88 Å². The number of nitrogens with zero attached hydrogens (tertiary/aromatic N) is 3. The zero-order valence-corrected chi connectivity index (χ0v) is 18.4. The molecule has 1 amide bonds. The second kappa shape index (κ2) is 8.35. The van der Waals surface area contributed by atoms with Gasteiger partial charge in [-0.3, -0.25) is 9.59 Å². The Labute approximate surface area is 189 Å². The van der Waals surface area contributed by atoms with Crippen molar-refractivity contribution in [2.45, 2.75) is 44.3 Å². The SMILES string of the molecule is Cc1ccc2[nH]c(O)c(N=NC3=NC(=O)C(CC(=O)c4ccc5c(c4)CCCC5)S3)c2c1. The van der Waals surface area contributed by atoms with Crippen molar-refractivity contribution < 1.29 is 14.7 Å². The third kappa shape index (κ3) is 3.98. The summed E-state index contributed by atoms with van der Waals surface area (Å²) in [7, 11) is 0. The van der Waals surface area contributed by atoms with E-state index < -0.39 is 5.25 Å². The lowest BCUT2D eigenvalue weighted by Gasteiger charge is -2.16. The van der Waals surface area contributed by atoms with Gasteiger partial charge in [-0.15, -0.1) is 10.2 Å². The first-order chi connectivity index (χ1) is 15.5. The molecule has 1 unspecified atom stereocenters. The van der Waals surface area contributed by atoms with Crippen LogP contribution in [0.4, 0.5) is 5.69 Å². The third-order valence-electron chi connectivity index (χ3n) is 5.91. The predicted octanol–water partition coefficient (Wildman–Crippen LogP) is 5.42. The van der Waals surface area contributed by atoms with Gasteiger partial charge in [0.25, 0.3) is 5.91 Å². The summed E-state index contributed by atoms with van der Waals surface area (Å²) in [6.07, 6.45) is 4.48. The fourth-order valence-electron chi connectivity index (χ4n) is 4.21. The number of hydrogen-bond donors (Lipinski definition) is 2. The first-order valence-corrected chi connectivity index (χ1v) is 11.5. The minimum Gasteiger partial charge on any atom is -0.493 e. The van der Waals surface area contributed by atoms with Gasteiger partial charge in [-0.25, -0.2) is 0 Å². The summed E-state index contributed by atoms with van der Waals surface area (Å²) >= 11 is 1.13. The summed E-state index contributed by atoms with van der Waals surface area (Å²) < 4.78 is 0. The lowest BCUT2D eigenvalue weighted by molar-refractivity contribution is -0.117. The normalized spacial score (nSPS) is 18.3. The zero-order chi connectivity index (χ0) is 22.2. The number of azo groups is 1. The number of amidine groups is 1. The van der Waals surface area contributed by atoms with Gasteiger partial charge in [0.1, 0.15) is 5.25 Å². The second-order valence-electron chi connectivity index (χ2n) is 8.23. The van der Waals surface area contributed by atoms with Gasteiger partial charge in [0.05, 0.1) is 5.52 Å². The van der Waals surface area contributed by atoms with Crippen LogP contribution in [0.1, 0.15) is 46.3 Å². The predicted molar refractivity (Wildman–Crippen MR) is 125 cm³/mol. The van der Waals surface area contributed by atoms with Gasteiger partial charge in [0, 0.05) is 17.4 Å². The number of nitrogens with one attached hydrogen (secondary N) is 1. The molecule has 1 atom stereocenters. The molecule has 0 spiro atoms. The number of H-pyrrole nitrogens is 1. The summed E-state index contributed by atoms with van der Waals surface area (Å²) in [5, 5.41) is 18.7. The maximum atomic E-state index is 12.8. The molecule has 5 rings (SSSR count). The molecular weight excluding hydrogens is 424 g/mol. The number of aromatic nitrogens is 1. The van der Waals surface area contributed by atoms with Gasteiger partial charge >= 0.3 is 0 Å². The average Bonchev–Trinajstić information content (AvgIpc) is 3.29. The molecule has 2 aromatic carbocycles. The number of thioether (sulfide) groups is 1. The maximum absolute atomic E-state index is 12.8. The van der Waals surface area contributed by atoms with E-state index in [1.54, 1.807) is 0 Å². The van der Waals surface area contributed by atoms with E-state index >= 15 is 0 Å². The number of aryl methyl sites for hydroxylation is 3. The van der Waals surface area contributed by atoms with Gasteiger partial charge < -0.3 is 10.1 Å². The largest absolute Gasteiger partial charge is 0.493 e. The molecule has 2 heterocycles. The number of hydrogen-bond acceptors (Lipinski definition) is 6. The molecule has 1 aliphatic heterocycles. The molecule has 0 bridgehead atoms. The molecule has 32 heavy (non-hydrogen) atoms. The van der Waals surface area contributed by atoms with Gasteiger partial charge in [-0.1, -0.05) is 35.5 Å². The van der Waals surface area contributed by atoms with Crippen molar-refractivity contribution in [1.82, 2.24) is 4.98 Å². The average molecular weight is 447 g/mol. The third-order valence-corrected chi connectivity index (χ3v) is 6.95. The Morgan fingerprint density at radius 1 is 1.16 bits per heavy atom. The second-order valence-corrected chi connectivity index (χ2v) is 9.40. The molecule has 1 aliphatic carbocycles. The molecule has 0 saturated heterocycles. The highest BCUT2D eigenvalue weighted by molar-refractivity contribution is 8.15. The number of Topliss-reactive ketones (excluding diaryl/α,β-unsaturated/α-hetero) is 1. The lowest BCUT2D eigenvalue weighted by atomic mass is 9.89. The van der Waals surface area contributed by atoms with Crippen molar-refractivity contribution in [3.63, 3.8) is 0 Å². The molecule has 162 valence electrons. The van der Waals surface area contributed by atoms with Crippen LogP contribution in [-0.2, 0) is 17.6 Å². The molecule has 2 aliphatic rings. The first-order valence-electron chi connectivity index (χ1n) is 10.6. The minimum absolute atomic E-state index is 0.0673. The summed E-state index contributed by atoms with van der Waals surface area (Å²) in [5.41, 5.74) is 5.28. The smallest absolute Gasteiger partial charge is 0.262 e. The minimum atomic E-state index is -0.605. The molecule has 2 N–H and O–H groups in total. The van der Waals surface area contributed by atoms with Gasteiger partial charge in [-0.2, -0.15) is 4.99 Å². The summed E-state index contributed by atoms with van der Waals surface area (Å²) in [6, 6.07) is 11.6. The molecule has 0 radical (unpaired) electrons. The number of rotatable bonds is 4. The number of carbonyl (C=O) groups is 2. The van der Waals surface area contributed by atoms with Gasteiger partial charge in [-0.05, 0) is 61.9 Å². The maximum Gasteiger partial charge on any atom is 0.262 e. The number of ketones is 1. The molecule has 7 nitrogen and oxygen atoms in total. The van der Waals surface area contributed by atoms with E-state index in [0.717, 1.165) is 47.5 Å². The van der Waals surface area contributed by atoms with E-state index in [4.69, 9.17) is 0 Å². The highest BCUT2D eigenvalue weighted by atomic mass is 32.2. The quantitative estimate of drug-likeness (QED) is 0.412. The molecular formula is C24H22N4O3S. The molecule has 1 aromatic heterocycles. The Bertz CT molecular complexity index is 1310. The standard InChI is InChI=1S/C24H22N4O3S/c1-13-6-9-18-17(10-13)21(23(31)25-18)27-28-24-26-22(30)20(32-24)12-19(29)16-8-7-14-4-2-3-5-15(14)11-16/h6-11,20,25,31H,2-5,12H2,1H3. The number of aromatic amines is 1. The van der Waals surface area contributed by atoms with E-state index in [1.807, 2.05) is 43.3 Å². The molecule has 8 heteroatoms. The van der Waals surface area contributed by atoms with Crippen molar-refractivity contribution in [3.8, 4) is 5.88 Å². The molecule has 0 fully saturated rings. The van der Waals surface area contributed by atoms with Gasteiger partial charge in [0.15, 0.2) is 11.5 Å². The van der Waals surface area contributed by atoms with Crippen molar-refractivity contribution in [3.05, 3.63) is 58.7 Å². The van der Waals surface area contributed by atoms with Crippen molar-refractivity contribution in [2.24, 2.45) is 15.2 Å². The van der Waals surface area contributed by atoms with E-state index in [2.05, 4.69) is 20.2 Å². The topological polar surface area (TPSA) is 107 Å². The fraction of sp³-hybridized carbons (Fsp3) is 0.292. The highest BCUT2D eigenvalue weighted by Crippen LogP contribution is 2.37. The van der Waals surface area contributed by atoms with E-state index in [1.165, 1.54) is 17.5 Å². The van der Waals surface area contributed by atoms with Crippen LogP contribution >= 0.6 is 11.8 Å². The van der Waals surface area contributed by atoms with Crippen LogP contribution in [-0.4, -0.2) is 32.2 Å². The number of amides is 1. The van der Waals surface area contributed by atoms with Crippen LogP contribution in [0.3, 0.4) is 0 Å². The van der Waals surface area contributed by atoms with Crippen LogP contribution in [0.25, 0.3) is 10.9 Å².